The number of anilines is 1. The lowest BCUT2D eigenvalue weighted by molar-refractivity contribution is -0.122. The van der Waals surface area contributed by atoms with Gasteiger partial charge < -0.3 is 9.64 Å². The van der Waals surface area contributed by atoms with Gasteiger partial charge in [0.2, 0.25) is 5.91 Å². The summed E-state index contributed by atoms with van der Waals surface area (Å²) in [7, 11) is 3.04. The van der Waals surface area contributed by atoms with Crippen LogP contribution in [0.5, 0.6) is 5.75 Å². The molecule has 0 fully saturated rings. The molecule has 1 unspecified atom stereocenters. The van der Waals surface area contributed by atoms with Crippen molar-refractivity contribution >= 4 is 31.3 Å². The summed E-state index contributed by atoms with van der Waals surface area (Å²) >= 11 is 0. The molecule has 7 heteroatoms. The van der Waals surface area contributed by atoms with Crippen molar-refractivity contribution in [2.75, 3.05) is 18.6 Å². The number of ether oxygens (including phenoxy) is 1. The molecule has 0 N–H and O–H groups in total. The number of halogens is 1. The van der Waals surface area contributed by atoms with Gasteiger partial charge in [-0.25, -0.2) is 8.42 Å². The Morgan fingerprint density at radius 3 is 2.72 bits per heavy atom. The van der Waals surface area contributed by atoms with Crippen LogP contribution in [0.25, 0.3) is 0 Å². The highest BCUT2D eigenvalue weighted by atomic mass is 35.7. The molecule has 1 aliphatic rings. The van der Waals surface area contributed by atoms with Gasteiger partial charge in [-0.15, -0.1) is 0 Å². The molecule has 2 rings (SSSR count). The van der Waals surface area contributed by atoms with Crippen LogP contribution < -0.4 is 9.64 Å². The highest BCUT2D eigenvalue weighted by Crippen LogP contribution is 2.34. The molecule has 1 aliphatic heterocycles. The van der Waals surface area contributed by atoms with E-state index in [9.17, 15) is 13.2 Å². The molecule has 5 nitrogen and oxygen atoms in total. The first-order chi connectivity index (χ1) is 8.30. The van der Waals surface area contributed by atoms with Crippen LogP contribution in [0.4, 0.5) is 5.69 Å². The third kappa shape index (κ3) is 2.30. The molecule has 0 bridgehead atoms. The van der Waals surface area contributed by atoms with Crippen LogP contribution in [-0.2, 0) is 13.8 Å². The Hall–Kier alpha value is -1.27. The van der Waals surface area contributed by atoms with E-state index < -0.39 is 9.05 Å². The summed E-state index contributed by atoms with van der Waals surface area (Å²) in [6.45, 7) is 2.02. The summed E-state index contributed by atoms with van der Waals surface area (Å²) in [5.74, 6) is 0.0654. The van der Waals surface area contributed by atoms with E-state index >= 15 is 0 Å². The van der Waals surface area contributed by atoms with Gasteiger partial charge in [-0.05, 0) is 18.2 Å². The van der Waals surface area contributed by atoms with Crippen LogP contribution in [0.1, 0.15) is 6.92 Å². The van der Waals surface area contributed by atoms with Crippen molar-refractivity contribution in [3.63, 3.8) is 0 Å². The highest BCUT2D eigenvalue weighted by Gasteiger charge is 2.27. The van der Waals surface area contributed by atoms with Crippen LogP contribution in [0.15, 0.2) is 23.1 Å². The molecule has 0 saturated carbocycles. The molecule has 0 aliphatic carbocycles. The predicted molar refractivity (Wildman–Crippen MR) is 67.5 cm³/mol. The number of fused-ring (bicyclic) bond motifs is 1. The Kier molecular flexibility index (Phi) is 3.25. The first-order valence-corrected chi connectivity index (χ1v) is 7.60. The second-order valence-electron chi connectivity index (χ2n) is 4.18. The van der Waals surface area contributed by atoms with E-state index in [4.69, 9.17) is 15.4 Å². The third-order valence-corrected chi connectivity index (χ3v) is 4.17. The van der Waals surface area contributed by atoms with Crippen LogP contribution in [0.2, 0.25) is 0 Å². The zero-order chi connectivity index (χ0) is 13.5. The molecule has 18 heavy (non-hydrogen) atoms. The summed E-state index contributed by atoms with van der Waals surface area (Å²) in [6.07, 6.45) is 0. The monoisotopic (exact) mass is 289 g/mol. The summed E-state index contributed by atoms with van der Waals surface area (Å²) in [6, 6.07) is 4.20. The summed E-state index contributed by atoms with van der Waals surface area (Å²) in [5, 5.41) is 0. The molecule has 1 aromatic carbocycles. The Balaban J connectivity index is 2.56. The van der Waals surface area contributed by atoms with Gasteiger partial charge in [-0.3, -0.25) is 4.79 Å². The fourth-order valence-electron chi connectivity index (χ4n) is 1.77. The van der Waals surface area contributed by atoms with Crippen LogP contribution in [0.3, 0.4) is 0 Å². The van der Waals surface area contributed by atoms with E-state index in [1.807, 2.05) is 0 Å². The summed E-state index contributed by atoms with van der Waals surface area (Å²) in [5.41, 5.74) is 0.408. The second-order valence-corrected chi connectivity index (χ2v) is 6.74. The van der Waals surface area contributed by atoms with Crippen molar-refractivity contribution in [1.29, 1.82) is 0 Å². The van der Waals surface area contributed by atoms with Gasteiger partial charge in [-0.2, -0.15) is 0 Å². The molecule has 1 aromatic rings. The Labute approximate surface area is 110 Å². The standard InChI is InChI=1S/C11H12ClNO4S/c1-7-6-17-10-4-3-8(18(12,15)16)5-9(10)13(2)11(7)14/h3-5,7H,6H2,1-2H3. The second kappa shape index (κ2) is 4.44. The molecule has 1 amide bonds. The van der Waals surface area contributed by atoms with E-state index in [0.717, 1.165) is 0 Å². The first-order valence-electron chi connectivity index (χ1n) is 5.30. The van der Waals surface area contributed by atoms with Gasteiger partial charge in [0.1, 0.15) is 5.75 Å². The van der Waals surface area contributed by atoms with Crippen molar-refractivity contribution in [3.8, 4) is 5.75 Å². The van der Waals surface area contributed by atoms with Crippen molar-refractivity contribution in [3.05, 3.63) is 18.2 Å². The lowest BCUT2D eigenvalue weighted by Gasteiger charge is -2.18. The molecular weight excluding hydrogens is 278 g/mol. The minimum atomic E-state index is -3.82. The van der Waals surface area contributed by atoms with Gasteiger partial charge in [-0.1, -0.05) is 6.92 Å². The average Bonchev–Trinajstić information content (AvgIpc) is 2.41. The Bertz CT molecular complexity index is 599. The normalized spacial score (nSPS) is 20.1. The van der Waals surface area contributed by atoms with Gasteiger partial charge >= 0.3 is 0 Å². The Morgan fingerprint density at radius 2 is 2.11 bits per heavy atom. The minimum absolute atomic E-state index is 0.0549. The van der Waals surface area contributed by atoms with Gasteiger partial charge in [0.15, 0.2) is 0 Å². The highest BCUT2D eigenvalue weighted by molar-refractivity contribution is 8.13. The molecule has 1 atom stereocenters. The van der Waals surface area contributed by atoms with Crippen molar-refractivity contribution < 1.29 is 17.9 Å². The molecule has 0 aromatic heterocycles. The number of hydrogen-bond donors (Lipinski definition) is 0. The van der Waals surface area contributed by atoms with Crippen LogP contribution in [0, 0.1) is 5.92 Å². The molecule has 1 heterocycles. The van der Waals surface area contributed by atoms with E-state index in [1.165, 1.54) is 23.1 Å². The maximum Gasteiger partial charge on any atom is 0.261 e. The quantitative estimate of drug-likeness (QED) is 0.737. The van der Waals surface area contributed by atoms with E-state index in [-0.39, 0.29) is 23.3 Å². The van der Waals surface area contributed by atoms with Gasteiger partial charge in [0, 0.05) is 17.7 Å². The van der Waals surface area contributed by atoms with E-state index in [0.29, 0.717) is 11.4 Å². The maximum atomic E-state index is 11.9. The van der Waals surface area contributed by atoms with Crippen LogP contribution >= 0.6 is 10.7 Å². The number of hydrogen-bond acceptors (Lipinski definition) is 4. The van der Waals surface area contributed by atoms with Crippen molar-refractivity contribution in [1.82, 2.24) is 0 Å². The van der Waals surface area contributed by atoms with Gasteiger partial charge in [0.25, 0.3) is 9.05 Å². The number of benzene rings is 1. The molecular formula is C11H12ClNO4S. The zero-order valence-electron chi connectivity index (χ0n) is 9.88. The van der Waals surface area contributed by atoms with E-state index in [1.54, 1.807) is 14.0 Å². The summed E-state index contributed by atoms with van der Waals surface area (Å²) < 4.78 is 28.0. The van der Waals surface area contributed by atoms with Crippen molar-refractivity contribution in [2.45, 2.75) is 11.8 Å². The van der Waals surface area contributed by atoms with Gasteiger partial charge in [0.05, 0.1) is 23.1 Å². The molecule has 0 spiro atoms. The number of carbonyl (C=O) groups is 1. The molecule has 0 saturated heterocycles. The molecule has 98 valence electrons. The zero-order valence-corrected chi connectivity index (χ0v) is 11.5. The predicted octanol–water partition coefficient (Wildman–Crippen LogP) is 1.61. The number of rotatable bonds is 1. The number of carbonyl (C=O) groups excluding carboxylic acids is 1. The summed E-state index contributed by atoms with van der Waals surface area (Å²) in [4.78, 5) is 13.3. The lowest BCUT2D eigenvalue weighted by atomic mass is 10.2. The SMILES string of the molecule is CC1COc2ccc(S(=O)(=O)Cl)cc2N(C)C1=O. The first kappa shape index (κ1) is 13.2. The maximum absolute atomic E-state index is 11.9. The Morgan fingerprint density at radius 1 is 1.44 bits per heavy atom. The van der Waals surface area contributed by atoms with Crippen molar-refractivity contribution in [2.24, 2.45) is 5.92 Å². The topological polar surface area (TPSA) is 63.7 Å². The van der Waals surface area contributed by atoms with E-state index in [2.05, 4.69) is 0 Å². The largest absolute Gasteiger partial charge is 0.491 e. The molecule has 0 radical (unpaired) electrons. The fourth-order valence-corrected chi connectivity index (χ4v) is 2.54. The number of amides is 1. The fraction of sp³-hybridized carbons (Fsp3) is 0.364. The van der Waals surface area contributed by atoms with Crippen LogP contribution in [-0.4, -0.2) is 28.0 Å². The lowest BCUT2D eigenvalue weighted by Crippen LogP contribution is -2.31. The number of nitrogens with zero attached hydrogens (tertiary/aromatic N) is 1. The average molecular weight is 290 g/mol. The minimum Gasteiger partial charge on any atom is -0.491 e. The third-order valence-electron chi connectivity index (χ3n) is 2.81. The smallest absolute Gasteiger partial charge is 0.261 e.